The standard InChI is InChI=1S/C15H13ClN4O2/c16-9-3-1-2-8(6-9)10-7-11(10)20-15(22)13-12(14(17)21)18-4-5-19-13/h1-6,10-11H,7H2,(H2,17,21)(H,20,22)/t10-,11-/m1/s1. The fourth-order valence-electron chi connectivity index (χ4n) is 2.38. The summed E-state index contributed by atoms with van der Waals surface area (Å²) in [5.74, 6) is -1.01. The number of nitrogens with two attached hydrogens (primary N) is 1. The van der Waals surface area contributed by atoms with Gasteiger partial charge in [-0.15, -0.1) is 0 Å². The Bertz CT molecular complexity index is 750. The van der Waals surface area contributed by atoms with E-state index >= 15 is 0 Å². The Labute approximate surface area is 131 Å². The molecule has 2 atom stereocenters. The minimum Gasteiger partial charge on any atom is -0.364 e. The second kappa shape index (κ2) is 5.73. The molecule has 1 saturated carbocycles. The summed E-state index contributed by atoms with van der Waals surface area (Å²) in [5, 5.41) is 3.51. The Morgan fingerprint density at radius 3 is 2.64 bits per heavy atom. The molecule has 7 heteroatoms. The average Bonchev–Trinajstić information content (AvgIpc) is 3.26. The molecule has 3 rings (SSSR count). The molecule has 112 valence electrons. The monoisotopic (exact) mass is 316 g/mol. The maximum atomic E-state index is 12.2. The van der Waals surface area contributed by atoms with Gasteiger partial charge in [0.1, 0.15) is 0 Å². The van der Waals surface area contributed by atoms with E-state index in [2.05, 4.69) is 15.3 Å². The first-order valence-electron chi connectivity index (χ1n) is 6.73. The van der Waals surface area contributed by atoms with E-state index < -0.39 is 11.8 Å². The lowest BCUT2D eigenvalue weighted by Gasteiger charge is -2.06. The van der Waals surface area contributed by atoms with Gasteiger partial charge >= 0.3 is 0 Å². The Hall–Kier alpha value is -2.47. The Morgan fingerprint density at radius 1 is 1.23 bits per heavy atom. The number of rotatable bonds is 4. The van der Waals surface area contributed by atoms with E-state index in [0.29, 0.717) is 5.02 Å². The lowest BCUT2D eigenvalue weighted by molar-refractivity contribution is 0.0925. The van der Waals surface area contributed by atoms with Gasteiger partial charge in [0.25, 0.3) is 11.8 Å². The van der Waals surface area contributed by atoms with Crippen molar-refractivity contribution in [2.75, 3.05) is 0 Å². The van der Waals surface area contributed by atoms with E-state index in [1.807, 2.05) is 18.2 Å². The summed E-state index contributed by atoms with van der Waals surface area (Å²) in [6.07, 6.45) is 3.49. The van der Waals surface area contributed by atoms with Crippen molar-refractivity contribution in [3.8, 4) is 0 Å². The zero-order valence-corrected chi connectivity index (χ0v) is 12.2. The Balaban J connectivity index is 1.71. The van der Waals surface area contributed by atoms with Crippen molar-refractivity contribution in [1.29, 1.82) is 0 Å². The molecular formula is C15H13ClN4O2. The molecule has 2 aromatic rings. The van der Waals surface area contributed by atoms with Crippen molar-refractivity contribution >= 4 is 23.4 Å². The fourth-order valence-corrected chi connectivity index (χ4v) is 2.58. The predicted octanol–water partition coefficient (Wildman–Crippen LogP) is 1.51. The van der Waals surface area contributed by atoms with Crippen LogP contribution in [0.5, 0.6) is 0 Å². The molecule has 2 amide bonds. The molecule has 0 bridgehead atoms. The minimum absolute atomic E-state index is 0.00583. The normalized spacial score (nSPS) is 19.5. The van der Waals surface area contributed by atoms with E-state index in [4.69, 9.17) is 17.3 Å². The lowest BCUT2D eigenvalue weighted by Crippen LogP contribution is -2.30. The molecule has 6 nitrogen and oxygen atoms in total. The first-order chi connectivity index (χ1) is 10.6. The third-order valence-corrected chi connectivity index (χ3v) is 3.77. The smallest absolute Gasteiger partial charge is 0.272 e. The summed E-state index contributed by atoms with van der Waals surface area (Å²) in [7, 11) is 0. The number of aromatic nitrogens is 2. The zero-order chi connectivity index (χ0) is 15.7. The van der Waals surface area contributed by atoms with Gasteiger partial charge in [0.2, 0.25) is 0 Å². The van der Waals surface area contributed by atoms with Gasteiger partial charge in [0.05, 0.1) is 0 Å². The van der Waals surface area contributed by atoms with Crippen LogP contribution >= 0.6 is 11.6 Å². The molecule has 1 heterocycles. The van der Waals surface area contributed by atoms with Crippen molar-refractivity contribution in [3.05, 3.63) is 58.6 Å². The highest BCUT2D eigenvalue weighted by Gasteiger charge is 2.40. The van der Waals surface area contributed by atoms with Gasteiger partial charge in [-0.1, -0.05) is 23.7 Å². The van der Waals surface area contributed by atoms with Gasteiger partial charge in [-0.05, 0) is 24.1 Å². The van der Waals surface area contributed by atoms with Crippen molar-refractivity contribution in [1.82, 2.24) is 15.3 Å². The van der Waals surface area contributed by atoms with Gasteiger partial charge in [-0.2, -0.15) is 0 Å². The van der Waals surface area contributed by atoms with E-state index in [1.54, 1.807) is 6.07 Å². The quantitative estimate of drug-likeness (QED) is 0.893. The molecule has 3 N–H and O–H groups in total. The van der Waals surface area contributed by atoms with Gasteiger partial charge in [0.15, 0.2) is 11.4 Å². The number of benzene rings is 1. The van der Waals surface area contributed by atoms with Crippen molar-refractivity contribution in [2.45, 2.75) is 18.4 Å². The Morgan fingerprint density at radius 2 is 1.95 bits per heavy atom. The predicted molar refractivity (Wildman–Crippen MR) is 80.6 cm³/mol. The molecule has 0 saturated heterocycles. The first-order valence-corrected chi connectivity index (χ1v) is 7.11. The summed E-state index contributed by atoms with van der Waals surface area (Å²) in [6.45, 7) is 0. The molecule has 1 aliphatic rings. The van der Waals surface area contributed by atoms with Crippen LogP contribution in [0.3, 0.4) is 0 Å². The number of primary amides is 1. The summed E-state index contributed by atoms with van der Waals surface area (Å²) < 4.78 is 0. The van der Waals surface area contributed by atoms with Crippen LogP contribution in [0.25, 0.3) is 0 Å². The molecule has 1 aromatic heterocycles. The maximum absolute atomic E-state index is 12.2. The highest BCUT2D eigenvalue weighted by atomic mass is 35.5. The number of amides is 2. The van der Waals surface area contributed by atoms with Crippen molar-refractivity contribution < 1.29 is 9.59 Å². The zero-order valence-electron chi connectivity index (χ0n) is 11.5. The van der Waals surface area contributed by atoms with E-state index in [9.17, 15) is 9.59 Å². The number of carbonyl (C=O) groups is 2. The molecular weight excluding hydrogens is 304 g/mol. The van der Waals surface area contributed by atoms with Gasteiger partial charge in [-0.3, -0.25) is 9.59 Å². The molecule has 0 spiro atoms. The van der Waals surface area contributed by atoms with E-state index in [0.717, 1.165) is 12.0 Å². The second-order valence-electron chi connectivity index (χ2n) is 5.09. The summed E-state index contributed by atoms with van der Waals surface area (Å²) in [4.78, 5) is 31.2. The number of halogens is 1. The van der Waals surface area contributed by atoms with Crippen LogP contribution in [-0.4, -0.2) is 27.8 Å². The molecule has 22 heavy (non-hydrogen) atoms. The maximum Gasteiger partial charge on any atom is 0.272 e. The molecule has 0 unspecified atom stereocenters. The number of hydrogen-bond donors (Lipinski definition) is 2. The molecule has 1 aromatic carbocycles. The highest BCUT2D eigenvalue weighted by molar-refractivity contribution is 6.30. The third-order valence-electron chi connectivity index (χ3n) is 3.53. The Kier molecular flexibility index (Phi) is 3.77. The number of nitrogens with one attached hydrogen (secondary N) is 1. The van der Waals surface area contributed by atoms with Gasteiger partial charge < -0.3 is 11.1 Å². The van der Waals surface area contributed by atoms with Crippen molar-refractivity contribution in [2.24, 2.45) is 5.73 Å². The molecule has 1 aliphatic carbocycles. The summed E-state index contributed by atoms with van der Waals surface area (Å²) in [6, 6.07) is 7.53. The number of hydrogen-bond acceptors (Lipinski definition) is 4. The van der Waals surface area contributed by atoms with Crippen LogP contribution in [0, 0.1) is 0 Å². The third kappa shape index (κ3) is 2.92. The van der Waals surface area contributed by atoms with Crippen LogP contribution in [0.4, 0.5) is 0 Å². The molecule has 1 fully saturated rings. The SMILES string of the molecule is NC(=O)c1nccnc1C(=O)N[C@@H]1C[C@@H]1c1cccc(Cl)c1. The number of carbonyl (C=O) groups excluding carboxylic acids is 2. The lowest BCUT2D eigenvalue weighted by atomic mass is 10.1. The van der Waals surface area contributed by atoms with Gasteiger partial charge in [-0.25, -0.2) is 9.97 Å². The van der Waals surface area contributed by atoms with Crippen LogP contribution in [0.15, 0.2) is 36.7 Å². The first kappa shape index (κ1) is 14.5. The van der Waals surface area contributed by atoms with Crippen LogP contribution in [0.1, 0.15) is 38.9 Å². The van der Waals surface area contributed by atoms with E-state index in [-0.39, 0.29) is 23.3 Å². The van der Waals surface area contributed by atoms with Crippen LogP contribution < -0.4 is 11.1 Å². The fraction of sp³-hybridized carbons (Fsp3) is 0.200. The topological polar surface area (TPSA) is 98.0 Å². The molecule has 0 radical (unpaired) electrons. The molecule has 0 aliphatic heterocycles. The number of nitrogens with zero attached hydrogens (tertiary/aromatic N) is 2. The average molecular weight is 317 g/mol. The van der Waals surface area contributed by atoms with Crippen molar-refractivity contribution in [3.63, 3.8) is 0 Å². The van der Waals surface area contributed by atoms with Gasteiger partial charge in [0, 0.05) is 29.4 Å². The second-order valence-corrected chi connectivity index (χ2v) is 5.53. The minimum atomic E-state index is -0.777. The summed E-state index contributed by atoms with van der Waals surface area (Å²) in [5.41, 5.74) is 6.10. The van der Waals surface area contributed by atoms with E-state index in [1.165, 1.54) is 12.4 Å². The van der Waals surface area contributed by atoms with Crippen LogP contribution in [0.2, 0.25) is 5.02 Å². The highest BCUT2D eigenvalue weighted by Crippen LogP contribution is 2.41. The summed E-state index contributed by atoms with van der Waals surface area (Å²) >= 11 is 5.96. The van der Waals surface area contributed by atoms with Crippen LogP contribution in [-0.2, 0) is 0 Å². The largest absolute Gasteiger partial charge is 0.364 e.